The third-order valence-electron chi connectivity index (χ3n) is 4.96. The van der Waals surface area contributed by atoms with E-state index in [9.17, 15) is 9.59 Å². The van der Waals surface area contributed by atoms with Crippen LogP contribution >= 0.6 is 11.8 Å². The number of hydrogen-bond donors (Lipinski definition) is 2. The van der Waals surface area contributed by atoms with Gasteiger partial charge in [-0.1, -0.05) is 6.92 Å². The van der Waals surface area contributed by atoms with Crippen molar-refractivity contribution in [1.82, 2.24) is 10.2 Å². The molecule has 1 aromatic rings. The Morgan fingerprint density at radius 1 is 1.25 bits per heavy atom. The van der Waals surface area contributed by atoms with Crippen LogP contribution in [0.2, 0.25) is 0 Å². The average Bonchev–Trinajstić information content (AvgIpc) is 2.72. The summed E-state index contributed by atoms with van der Waals surface area (Å²) < 4.78 is 5.34. The Hall–Kier alpha value is -1.99. The van der Waals surface area contributed by atoms with Crippen LogP contribution in [-0.2, 0) is 9.53 Å². The van der Waals surface area contributed by atoms with Gasteiger partial charge in [-0.05, 0) is 62.5 Å². The lowest BCUT2D eigenvalue weighted by Crippen LogP contribution is -2.36. The van der Waals surface area contributed by atoms with Crippen LogP contribution in [0.3, 0.4) is 0 Å². The van der Waals surface area contributed by atoms with E-state index in [1.54, 1.807) is 41.4 Å². The Morgan fingerprint density at radius 3 is 2.79 bits per heavy atom. The fourth-order valence-electron chi connectivity index (χ4n) is 3.48. The summed E-state index contributed by atoms with van der Waals surface area (Å²) in [4.78, 5) is 26.9. The summed E-state index contributed by atoms with van der Waals surface area (Å²) in [6.07, 6.45) is 3.56. The van der Waals surface area contributed by atoms with Gasteiger partial charge in [-0.3, -0.25) is 9.59 Å². The number of likely N-dealkylation sites (tertiary alicyclic amines) is 1. The summed E-state index contributed by atoms with van der Waals surface area (Å²) in [7, 11) is 0. The summed E-state index contributed by atoms with van der Waals surface area (Å²) in [5, 5.41) is 7.49. The van der Waals surface area contributed by atoms with E-state index in [2.05, 4.69) is 22.5 Å². The quantitative estimate of drug-likeness (QED) is 0.685. The molecule has 0 aromatic heterocycles. The highest BCUT2D eigenvalue weighted by Gasteiger charge is 2.16. The molecule has 0 unspecified atom stereocenters. The molecule has 0 radical (unpaired) electrons. The zero-order chi connectivity index (χ0) is 19.8. The van der Waals surface area contributed by atoms with Crippen LogP contribution in [0.4, 0.5) is 5.69 Å². The Bertz CT molecular complexity index is 705. The number of hydrogen-bond acceptors (Lipinski definition) is 5. The lowest BCUT2D eigenvalue weighted by atomic mass is 10.0. The second-order valence-electron chi connectivity index (χ2n) is 7.39. The van der Waals surface area contributed by atoms with Crippen molar-refractivity contribution in [1.29, 1.82) is 0 Å². The molecule has 2 aliphatic heterocycles. The first-order valence-electron chi connectivity index (χ1n) is 9.98. The van der Waals surface area contributed by atoms with Gasteiger partial charge >= 0.3 is 0 Å². The molecule has 0 saturated carbocycles. The van der Waals surface area contributed by atoms with E-state index in [0.717, 1.165) is 24.6 Å². The number of piperidine rings is 1. The minimum Gasteiger partial charge on any atom is -0.487 e. The molecule has 2 heterocycles. The van der Waals surface area contributed by atoms with Gasteiger partial charge in [0.1, 0.15) is 0 Å². The molecular formula is C21H29N3O3S. The molecule has 2 amide bonds. The standard InChI is InChI=1S/C21H29N3O3S/c1-16-4-2-10-24(14-16)11-3-9-22-20(25)17-5-7-18(8-6-17)23-21(26)19-15-28-13-12-27-19/h5-8,15-16H,2-4,9-14H2,1H3,(H,22,25)(H,23,26)/t16-/m1/s1. The predicted octanol–water partition coefficient (Wildman–Crippen LogP) is 3.08. The van der Waals surface area contributed by atoms with Crippen molar-refractivity contribution in [2.75, 3.05) is 43.9 Å². The molecule has 0 bridgehead atoms. The molecule has 1 aromatic carbocycles. The Labute approximate surface area is 171 Å². The first-order chi connectivity index (χ1) is 13.6. The molecule has 3 rings (SSSR count). The van der Waals surface area contributed by atoms with E-state index in [-0.39, 0.29) is 11.8 Å². The third kappa shape index (κ3) is 6.27. The van der Waals surface area contributed by atoms with Gasteiger partial charge in [0.05, 0.1) is 6.61 Å². The lowest BCUT2D eigenvalue weighted by molar-refractivity contribution is -0.116. The molecule has 2 N–H and O–H groups in total. The van der Waals surface area contributed by atoms with Crippen LogP contribution in [0.5, 0.6) is 0 Å². The van der Waals surface area contributed by atoms with Gasteiger partial charge in [0, 0.05) is 35.5 Å². The number of thioether (sulfide) groups is 1. The summed E-state index contributed by atoms with van der Waals surface area (Å²) >= 11 is 1.56. The van der Waals surface area contributed by atoms with Gasteiger partial charge in [0.25, 0.3) is 11.8 Å². The number of nitrogens with zero attached hydrogens (tertiary/aromatic N) is 1. The third-order valence-corrected chi connectivity index (χ3v) is 5.74. The minimum atomic E-state index is -0.267. The molecule has 2 aliphatic rings. The summed E-state index contributed by atoms with van der Waals surface area (Å²) in [6, 6.07) is 6.92. The molecule has 0 aliphatic carbocycles. The lowest BCUT2D eigenvalue weighted by Gasteiger charge is -2.30. The van der Waals surface area contributed by atoms with Gasteiger partial charge in [-0.25, -0.2) is 0 Å². The molecule has 6 nitrogen and oxygen atoms in total. The van der Waals surface area contributed by atoms with Crippen molar-refractivity contribution < 1.29 is 14.3 Å². The molecule has 7 heteroatoms. The normalized spacial score (nSPS) is 20.0. The molecular weight excluding hydrogens is 374 g/mol. The van der Waals surface area contributed by atoms with Crippen molar-refractivity contribution in [2.45, 2.75) is 26.2 Å². The molecule has 0 spiro atoms. The monoisotopic (exact) mass is 403 g/mol. The van der Waals surface area contributed by atoms with Crippen molar-refractivity contribution in [3.05, 3.63) is 41.0 Å². The van der Waals surface area contributed by atoms with Crippen molar-refractivity contribution in [3.8, 4) is 0 Å². The topological polar surface area (TPSA) is 70.7 Å². The van der Waals surface area contributed by atoms with Crippen LogP contribution in [0, 0.1) is 5.92 Å². The highest BCUT2D eigenvalue weighted by atomic mass is 32.2. The molecule has 152 valence electrons. The van der Waals surface area contributed by atoms with Crippen molar-refractivity contribution >= 4 is 29.3 Å². The van der Waals surface area contributed by atoms with Crippen LogP contribution in [0.25, 0.3) is 0 Å². The highest BCUT2D eigenvalue weighted by molar-refractivity contribution is 8.02. The summed E-state index contributed by atoms with van der Waals surface area (Å²) in [5.41, 5.74) is 1.23. The van der Waals surface area contributed by atoms with Gasteiger partial charge in [0.15, 0.2) is 5.76 Å². The smallest absolute Gasteiger partial charge is 0.291 e. The second-order valence-corrected chi connectivity index (χ2v) is 8.37. The van der Waals surface area contributed by atoms with Crippen molar-refractivity contribution in [3.63, 3.8) is 0 Å². The number of rotatable bonds is 7. The average molecular weight is 404 g/mol. The van der Waals surface area contributed by atoms with E-state index in [4.69, 9.17) is 4.74 Å². The number of carbonyl (C=O) groups is 2. The van der Waals surface area contributed by atoms with Crippen LogP contribution < -0.4 is 10.6 Å². The van der Waals surface area contributed by atoms with Gasteiger partial charge in [0.2, 0.25) is 0 Å². The van der Waals surface area contributed by atoms with Crippen molar-refractivity contribution in [2.24, 2.45) is 5.92 Å². The van der Waals surface area contributed by atoms with Crippen LogP contribution in [0.1, 0.15) is 36.5 Å². The minimum absolute atomic E-state index is 0.0837. The SMILES string of the molecule is C[C@@H]1CCCN(CCCNC(=O)c2ccc(NC(=O)C3=CSCCO3)cc2)C1. The summed E-state index contributed by atoms with van der Waals surface area (Å²) in [6.45, 7) is 6.89. The Balaban J connectivity index is 1.39. The number of nitrogens with one attached hydrogen (secondary N) is 2. The van der Waals surface area contributed by atoms with Gasteiger partial charge in [-0.15, -0.1) is 11.8 Å². The number of anilines is 1. The highest BCUT2D eigenvalue weighted by Crippen LogP contribution is 2.18. The second kappa shape index (κ2) is 10.5. The van der Waals surface area contributed by atoms with Crippen LogP contribution in [-0.4, -0.2) is 55.3 Å². The number of benzene rings is 1. The fourth-order valence-corrected chi connectivity index (χ4v) is 4.11. The maximum atomic E-state index is 12.3. The van der Waals surface area contributed by atoms with Gasteiger partial charge < -0.3 is 20.3 Å². The van der Waals surface area contributed by atoms with E-state index in [0.29, 0.717) is 30.2 Å². The van der Waals surface area contributed by atoms with E-state index < -0.39 is 0 Å². The molecule has 1 fully saturated rings. The number of carbonyl (C=O) groups excluding carboxylic acids is 2. The largest absolute Gasteiger partial charge is 0.487 e. The fraction of sp³-hybridized carbons (Fsp3) is 0.524. The van der Waals surface area contributed by atoms with E-state index >= 15 is 0 Å². The predicted molar refractivity (Wildman–Crippen MR) is 113 cm³/mol. The first kappa shape index (κ1) is 20.7. The first-order valence-corrected chi connectivity index (χ1v) is 11.0. The Kier molecular flexibility index (Phi) is 7.80. The number of amides is 2. The van der Waals surface area contributed by atoms with E-state index in [1.807, 2.05) is 0 Å². The maximum Gasteiger partial charge on any atom is 0.291 e. The van der Waals surface area contributed by atoms with E-state index in [1.165, 1.54) is 25.9 Å². The molecule has 1 atom stereocenters. The Morgan fingerprint density at radius 2 is 2.07 bits per heavy atom. The zero-order valence-electron chi connectivity index (χ0n) is 16.4. The van der Waals surface area contributed by atoms with Crippen LogP contribution in [0.15, 0.2) is 35.4 Å². The maximum absolute atomic E-state index is 12.3. The molecule has 28 heavy (non-hydrogen) atoms. The number of ether oxygens (including phenoxy) is 1. The van der Waals surface area contributed by atoms with Gasteiger partial charge in [-0.2, -0.15) is 0 Å². The zero-order valence-corrected chi connectivity index (χ0v) is 17.2. The summed E-state index contributed by atoms with van der Waals surface area (Å²) in [5.74, 6) is 1.62. The molecule has 1 saturated heterocycles.